The molecule has 3 aromatic rings. The van der Waals surface area contributed by atoms with Crippen LogP contribution in [0.2, 0.25) is 0 Å². The van der Waals surface area contributed by atoms with Crippen LogP contribution in [0.4, 0.5) is 5.82 Å². The molecule has 2 N–H and O–H groups in total. The van der Waals surface area contributed by atoms with Crippen LogP contribution < -0.4 is 15.4 Å². The van der Waals surface area contributed by atoms with Crippen LogP contribution in [-0.2, 0) is 0 Å². The summed E-state index contributed by atoms with van der Waals surface area (Å²) in [6.45, 7) is 6.71. The van der Waals surface area contributed by atoms with Crippen LogP contribution in [0, 0.1) is 20.8 Å². The van der Waals surface area contributed by atoms with Crippen LogP contribution in [0.5, 0.6) is 5.75 Å². The molecule has 2 heterocycles. The van der Waals surface area contributed by atoms with E-state index in [1.165, 1.54) is 0 Å². The van der Waals surface area contributed by atoms with E-state index in [1.54, 1.807) is 30.0 Å². The summed E-state index contributed by atoms with van der Waals surface area (Å²) in [7, 11) is 1.57. The first-order valence-electron chi connectivity index (χ1n) is 9.12. The summed E-state index contributed by atoms with van der Waals surface area (Å²) < 4.78 is 7.68. The van der Waals surface area contributed by atoms with E-state index in [9.17, 15) is 4.79 Å². The predicted octanol–water partition coefficient (Wildman–Crippen LogP) is 3.20. The van der Waals surface area contributed by atoms with Crippen LogP contribution in [0.25, 0.3) is 5.82 Å². The fraction of sp³-hybridized carbons (Fsp3) is 0.300. The van der Waals surface area contributed by atoms with Crippen LogP contribution in [0.15, 0.2) is 34.8 Å². The van der Waals surface area contributed by atoms with E-state index in [0.29, 0.717) is 46.3 Å². The summed E-state index contributed by atoms with van der Waals surface area (Å²) in [6.07, 6.45) is 0. The Morgan fingerprint density at radius 3 is 2.62 bits per heavy atom. The number of carbonyl (C=O) groups is 1. The molecule has 0 atom stereocenters. The minimum atomic E-state index is -0.181. The lowest BCUT2D eigenvalue weighted by atomic mass is 10.2. The summed E-state index contributed by atoms with van der Waals surface area (Å²) in [5, 5.41) is 10.6. The monoisotopic (exact) mass is 458 g/mol. The Bertz CT molecular complexity index is 1030. The van der Waals surface area contributed by atoms with E-state index in [0.717, 1.165) is 11.4 Å². The molecule has 1 aromatic carbocycles. The minimum Gasteiger partial charge on any atom is -0.497 e. The Labute approximate surface area is 177 Å². The van der Waals surface area contributed by atoms with E-state index < -0.39 is 0 Å². The topological polar surface area (TPSA) is 94.0 Å². The zero-order valence-electron chi connectivity index (χ0n) is 16.8. The first-order chi connectivity index (χ1) is 13.9. The highest BCUT2D eigenvalue weighted by Crippen LogP contribution is 2.22. The largest absolute Gasteiger partial charge is 0.497 e. The minimum absolute atomic E-state index is 0.181. The van der Waals surface area contributed by atoms with E-state index in [2.05, 4.69) is 41.6 Å². The van der Waals surface area contributed by atoms with Gasteiger partial charge in [0.2, 0.25) is 0 Å². The maximum atomic E-state index is 12.4. The zero-order chi connectivity index (χ0) is 21.0. The maximum absolute atomic E-state index is 12.4. The first kappa shape index (κ1) is 20.8. The van der Waals surface area contributed by atoms with Crippen molar-refractivity contribution in [3.8, 4) is 11.6 Å². The number of anilines is 1. The van der Waals surface area contributed by atoms with Gasteiger partial charge in [0.05, 0.1) is 18.4 Å². The summed E-state index contributed by atoms with van der Waals surface area (Å²) in [5.41, 5.74) is 2.46. The zero-order valence-corrected chi connectivity index (χ0v) is 18.4. The number of aryl methyl sites for hydroxylation is 3. The molecule has 29 heavy (non-hydrogen) atoms. The van der Waals surface area contributed by atoms with E-state index in [-0.39, 0.29) is 5.91 Å². The standard InChI is InChI=1S/C20H23BrN6O2/c1-12-9-13(2)27(26-12)19-11-18(24-14(3)25-19)22-7-8-23-20(28)16-10-15(29-4)5-6-17(16)21/h5-6,9-11H,7-8H2,1-4H3,(H,23,28)(H,22,24,25). The molecular weight excluding hydrogens is 436 g/mol. The Kier molecular flexibility index (Phi) is 6.48. The lowest BCUT2D eigenvalue weighted by Gasteiger charge is -2.11. The van der Waals surface area contributed by atoms with Crippen molar-refractivity contribution < 1.29 is 9.53 Å². The number of nitrogens with zero attached hydrogens (tertiary/aromatic N) is 4. The molecule has 0 aliphatic rings. The number of nitrogens with one attached hydrogen (secondary N) is 2. The number of methoxy groups -OCH3 is 1. The van der Waals surface area contributed by atoms with Crippen LogP contribution in [0.3, 0.4) is 0 Å². The number of hydrogen-bond acceptors (Lipinski definition) is 6. The SMILES string of the molecule is COc1ccc(Br)c(C(=O)NCCNc2cc(-n3nc(C)cc3C)nc(C)n2)c1. The molecule has 152 valence electrons. The molecule has 0 unspecified atom stereocenters. The average molecular weight is 459 g/mol. The quantitative estimate of drug-likeness (QED) is 0.527. The molecule has 3 rings (SSSR count). The van der Waals surface area contributed by atoms with Crippen molar-refractivity contribution in [2.24, 2.45) is 0 Å². The maximum Gasteiger partial charge on any atom is 0.252 e. The molecule has 0 radical (unpaired) electrons. The Balaban J connectivity index is 1.61. The predicted molar refractivity (Wildman–Crippen MR) is 115 cm³/mol. The summed E-state index contributed by atoms with van der Waals surface area (Å²) in [4.78, 5) is 21.3. The van der Waals surface area contributed by atoms with E-state index >= 15 is 0 Å². The number of amides is 1. The Morgan fingerprint density at radius 2 is 1.93 bits per heavy atom. The lowest BCUT2D eigenvalue weighted by molar-refractivity contribution is 0.0954. The highest BCUT2D eigenvalue weighted by molar-refractivity contribution is 9.10. The van der Waals surface area contributed by atoms with Gasteiger partial charge in [-0.05, 0) is 61.0 Å². The smallest absolute Gasteiger partial charge is 0.252 e. The van der Waals surface area contributed by atoms with Crippen molar-refractivity contribution in [3.05, 3.63) is 57.6 Å². The molecule has 8 nitrogen and oxygen atoms in total. The number of aromatic nitrogens is 4. The van der Waals surface area contributed by atoms with Crippen molar-refractivity contribution in [2.45, 2.75) is 20.8 Å². The lowest BCUT2D eigenvalue weighted by Crippen LogP contribution is -2.29. The van der Waals surface area contributed by atoms with E-state index in [1.807, 2.05) is 32.9 Å². The number of carbonyl (C=O) groups excluding carboxylic acids is 1. The first-order valence-corrected chi connectivity index (χ1v) is 9.91. The molecule has 0 aliphatic heterocycles. The molecule has 9 heteroatoms. The van der Waals surface area contributed by atoms with Gasteiger partial charge in [0.1, 0.15) is 17.4 Å². The normalized spacial score (nSPS) is 10.7. The summed E-state index contributed by atoms with van der Waals surface area (Å²) >= 11 is 3.39. The van der Waals surface area contributed by atoms with Crippen LogP contribution >= 0.6 is 15.9 Å². The van der Waals surface area contributed by atoms with Gasteiger partial charge in [0.25, 0.3) is 5.91 Å². The Morgan fingerprint density at radius 1 is 1.14 bits per heavy atom. The molecule has 0 saturated heterocycles. The number of ether oxygens (including phenoxy) is 1. The van der Waals surface area contributed by atoms with Crippen molar-refractivity contribution >= 4 is 27.7 Å². The number of halogens is 1. The number of benzene rings is 1. The van der Waals surface area contributed by atoms with Crippen LogP contribution in [0.1, 0.15) is 27.6 Å². The highest BCUT2D eigenvalue weighted by Gasteiger charge is 2.11. The van der Waals surface area contributed by atoms with Gasteiger partial charge in [-0.25, -0.2) is 14.6 Å². The van der Waals surface area contributed by atoms with Gasteiger partial charge in [0.15, 0.2) is 5.82 Å². The number of rotatable bonds is 7. The van der Waals surface area contributed by atoms with Gasteiger partial charge in [0, 0.05) is 29.3 Å². The molecule has 1 amide bonds. The molecule has 0 spiro atoms. The molecular formula is C20H23BrN6O2. The van der Waals surface area contributed by atoms with Gasteiger partial charge in [-0.15, -0.1) is 0 Å². The fourth-order valence-electron chi connectivity index (χ4n) is 2.88. The van der Waals surface area contributed by atoms with E-state index in [4.69, 9.17) is 4.74 Å². The summed E-state index contributed by atoms with van der Waals surface area (Å²) in [5.74, 6) is 2.47. The van der Waals surface area contributed by atoms with Gasteiger partial charge in [-0.3, -0.25) is 4.79 Å². The van der Waals surface area contributed by atoms with Crippen molar-refractivity contribution in [2.75, 3.05) is 25.5 Å². The molecule has 0 bridgehead atoms. The van der Waals surface area contributed by atoms with Gasteiger partial charge in [-0.2, -0.15) is 5.10 Å². The molecule has 2 aromatic heterocycles. The molecule has 0 aliphatic carbocycles. The fourth-order valence-corrected chi connectivity index (χ4v) is 3.31. The molecule has 0 fully saturated rings. The number of hydrogen-bond donors (Lipinski definition) is 2. The second-order valence-electron chi connectivity index (χ2n) is 6.53. The van der Waals surface area contributed by atoms with Crippen molar-refractivity contribution in [3.63, 3.8) is 0 Å². The second kappa shape index (κ2) is 9.04. The molecule has 0 saturated carbocycles. The Hall–Kier alpha value is -2.94. The second-order valence-corrected chi connectivity index (χ2v) is 7.38. The third-order valence-electron chi connectivity index (χ3n) is 4.19. The highest BCUT2D eigenvalue weighted by atomic mass is 79.9. The summed E-state index contributed by atoms with van der Waals surface area (Å²) in [6, 6.07) is 9.11. The van der Waals surface area contributed by atoms with Crippen molar-refractivity contribution in [1.82, 2.24) is 25.1 Å². The third-order valence-corrected chi connectivity index (χ3v) is 4.88. The third kappa shape index (κ3) is 5.11. The van der Waals surface area contributed by atoms with Gasteiger partial charge in [-0.1, -0.05) is 0 Å². The van der Waals surface area contributed by atoms with Gasteiger partial charge < -0.3 is 15.4 Å². The average Bonchev–Trinajstić information content (AvgIpc) is 3.03. The van der Waals surface area contributed by atoms with Crippen LogP contribution in [-0.4, -0.2) is 45.9 Å². The van der Waals surface area contributed by atoms with Crippen molar-refractivity contribution in [1.29, 1.82) is 0 Å². The van der Waals surface area contributed by atoms with Gasteiger partial charge >= 0.3 is 0 Å².